The van der Waals surface area contributed by atoms with Crippen LogP contribution in [0.25, 0.3) is 6.08 Å². The maximum atomic E-state index is 12.0. The van der Waals surface area contributed by atoms with E-state index in [1.54, 1.807) is 60.4 Å². The highest BCUT2D eigenvalue weighted by Gasteiger charge is 2.07. The Morgan fingerprint density at radius 1 is 1.28 bits per heavy atom. The standard InChI is InChI=1S/C18H14Cl2N2O3/c1-22-9-8-16(21-22)17(23)7-5-13-3-4-14(25-13)11-24-18-10-12(19)2-6-15(18)20/h2-10H,11H2,1H3/b7-5+. The fraction of sp³-hybridized carbons (Fsp3) is 0.111. The predicted molar refractivity (Wildman–Crippen MR) is 96.1 cm³/mol. The molecule has 5 nitrogen and oxygen atoms in total. The molecule has 0 atom stereocenters. The molecule has 3 rings (SSSR count). The van der Waals surface area contributed by atoms with Crippen molar-refractivity contribution >= 4 is 35.1 Å². The molecule has 0 aliphatic heterocycles. The van der Waals surface area contributed by atoms with Gasteiger partial charge < -0.3 is 9.15 Å². The molecular formula is C18H14Cl2N2O3. The van der Waals surface area contributed by atoms with E-state index in [-0.39, 0.29) is 12.4 Å². The van der Waals surface area contributed by atoms with E-state index in [1.807, 2.05) is 0 Å². The summed E-state index contributed by atoms with van der Waals surface area (Å²) in [6, 6.07) is 10.2. The van der Waals surface area contributed by atoms with Gasteiger partial charge in [-0.3, -0.25) is 9.48 Å². The second-order valence-corrected chi connectivity index (χ2v) is 6.08. The largest absolute Gasteiger partial charge is 0.484 e. The van der Waals surface area contributed by atoms with E-state index >= 15 is 0 Å². The highest BCUT2D eigenvalue weighted by atomic mass is 35.5. The van der Waals surface area contributed by atoms with Gasteiger partial charge in [0.15, 0.2) is 0 Å². The molecule has 0 radical (unpaired) electrons. The van der Waals surface area contributed by atoms with Gasteiger partial charge in [-0.15, -0.1) is 0 Å². The molecule has 3 aromatic rings. The van der Waals surface area contributed by atoms with E-state index in [0.29, 0.717) is 33.0 Å². The van der Waals surface area contributed by atoms with Crippen LogP contribution in [0, 0.1) is 0 Å². The van der Waals surface area contributed by atoms with Gasteiger partial charge in [-0.2, -0.15) is 5.10 Å². The number of allylic oxidation sites excluding steroid dienone is 1. The van der Waals surface area contributed by atoms with Crippen molar-refractivity contribution in [2.75, 3.05) is 0 Å². The van der Waals surface area contributed by atoms with E-state index < -0.39 is 0 Å². The number of furan rings is 1. The molecule has 25 heavy (non-hydrogen) atoms. The molecule has 0 aliphatic rings. The molecule has 1 aromatic carbocycles. The summed E-state index contributed by atoms with van der Waals surface area (Å²) in [5.74, 6) is 1.43. The van der Waals surface area contributed by atoms with Crippen molar-refractivity contribution in [3.05, 3.63) is 75.9 Å². The third-order valence-electron chi connectivity index (χ3n) is 3.31. The first kappa shape index (κ1) is 17.3. The first-order valence-electron chi connectivity index (χ1n) is 7.40. The average Bonchev–Trinajstić information content (AvgIpc) is 3.22. The summed E-state index contributed by atoms with van der Waals surface area (Å²) in [6.07, 6.45) is 4.72. The summed E-state index contributed by atoms with van der Waals surface area (Å²) >= 11 is 12.0. The lowest BCUT2D eigenvalue weighted by atomic mass is 10.2. The van der Waals surface area contributed by atoms with Gasteiger partial charge in [0.25, 0.3) is 0 Å². The highest BCUT2D eigenvalue weighted by molar-refractivity contribution is 6.34. The first-order chi connectivity index (χ1) is 12.0. The number of hydrogen-bond donors (Lipinski definition) is 0. The van der Waals surface area contributed by atoms with Crippen LogP contribution in [-0.2, 0) is 13.7 Å². The Labute approximate surface area is 154 Å². The van der Waals surface area contributed by atoms with Gasteiger partial charge in [-0.1, -0.05) is 23.2 Å². The van der Waals surface area contributed by atoms with Crippen molar-refractivity contribution in [1.29, 1.82) is 0 Å². The third kappa shape index (κ3) is 4.53. The summed E-state index contributed by atoms with van der Waals surface area (Å²) < 4.78 is 12.8. The van der Waals surface area contributed by atoms with Crippen LogP contribution in [0.15, 0.2) is 53.1 Å². The second-order valence-electron chi connectivity index (χ2n) is 5.24. The number of ketones is 1. The number of nitrogens with zero attached hydrogens (tertiary/aromatic N) is 2. The van der Waals surface area contributed by atoms with Crippen LogP contribution < -0.4 is 4.74 Å². The fourth-order valence-corrected chi connectivity index (χ4v) is 2.42. The Balaban J connectivity index is 1.61. The number of rotatable bonds is 6. The van der Waals surface area contributed by atoms with Crippen molar-refractivity contribution in [1.82, 2.24) is 9.78 Å². The number of halogens is 2. The number of aryl methyl sites for hydroxylation is 1. The highest BCUT2D eigenvalue weighted by Crippen LogP contribution is 2.28. The minimum absolute atomic E-state index is 0.194. The molecule has 7 heteroatoms. The molecular weight excluding hydrogens is 363 g/mol. The summed E-state index contributed by atoms with van der Waals surface area (Å²) in [5, 5.41) is 5.06. The topological polar surface area (TPSA) is 57.3 Å². The minimum atomic E-state index is -0.194. The first-order valence-corrected chi connectivity index (χ1v) is 8.15. The molecule has 0 saturated carbocycles. The van der Waals surface area contributed by atoms with Crippen molar-refractivity contribution < 1.29 is 13.9 Å². The van der Waals surface area contributed by atoms with Crippen LogP contribution >= 0.6 is 23.2 Å². The van der Waals surface area contributed by atoms with Gasteiger partial charge >= 0.3 is 0 Å². The van der Waals surface area contributed by atoms with Crippen molar-refractivity contribution in [2.45, 2.75) is 6.61 Å². The van der Waals surface area contributed by atoms with Crippen LogP contribution in [0.2, 0.25) is 10.0 Å². The number of aromatic nitrogens is 2. The molecule has 0 unspecified atom stereocenters. The Morgan fingerprint density at radius 2 is 2.12 bits per heavy atom. The maximum Gasteiger partial charge on any atom is 0.206 e. The van der Waals surface area contributed by atoms with Gasteiger partial charge in [-0.05, 0) is 42.5 Å². The molecule has 0 N–H and O–H groups in total. The molecule has 0 bridgehead atoms. The summed E-state index contributed by atoms with van der Waals surface area (Å²) in [6.45, 7) is 0.197. The van der Waals surface area contributed by atoms with Crippen LogP contribution in [0.1, 0.15) is 22.0 Å². The molecule has 0 saturated heterocycles. The predicted octanol–water partition coefficient (Wildman–Crippen LogP) is 4.80. The molecule has 0 aliphatic carbocycles. The van der Waals surface area contributed by atoms with E-state index in [2.05, 4.69) is 5.10 Å². The average molecular weight is 377 g/mol. The van der Waals surface area contributed by atoms with E-state index in [9.17, 15) is 4.79 Å². The minimum Gasteiger partial charge on any atom is -0.484 e. The zero-order chi connectivity index (χ0) is 17.8. The maximum absolute atomic E-state index is 12.0. The summed E-state index contributed by atoms with van der Waals surface area (Å²) in [5.41, 5.74) is 0.379. The normalized spacial score (nSPS) is 11.2. The van der Waals surface area contributed by atoms with Crippen molar-refractivity contribution in [3.8, 4) is 5.75 Å². The monoisotopic (exact) mass is 376 g/mol. The third-order valence-corrected chi connectivity index (χ3v) is 3.86. The zero-order valence-corrected chi connectivity index (χ0v) is 14.8. The van der Waals surface area contributed by atoms with Gasteiger partial charge in [0.1, 0.15) is 29.6 Å². The van der Waals surface area contributed by atoms with Crippen LogP contribution in [0.4, 0.5) is 0 Å². The zero-order valence-electron chi connectivity index (χ0n) is 13.3. The van der Waals surface area contributed by atoms with E-state index in [1.165, 1.54) is 6.08 Å². The Morgan fingerprint density at radius 3 is 2.88 bits per heavy atom. The van der Waals surface area contributed by atoms with Gasteiger partial charge in [-0.25, -0.2) is 0 Å². The lowest BCUT2D eigenvalue weighted by molar-refractivity contribution is 0.104. The Kier molecular flexibility index (Phi) is 5.26. The molecule has 128 valence electrons. The van der Waals surface area contributed by atoms with Crippen molar-refractivity contribution in [2.24, 2.45) is 7.05 Å². The quantitative estimate of drug-likeness (QED) is 0.458. The SMILES string of the molecule is Cn1ccc(C(=O)/C=C/c2ccc(COc3cc(Cl)ccc3Cl)o2)n1. The molecule has 0 fully saturated rings. The summed E-state index contributed by atoms with van der Waals surface area (Å²) in [4.78, 5) is 12.0. The molecule has 2 aromatic heterocycles. The van der Waals surface area contributed by atoms with Crippen LogP contribution in [0.3, 0.4) is 0 Å². The van der Waals surface area contributed by atoms with Crippen LogP contribution in [0.5, 0.6) is 5.75 Å². The van der Waals surface area contributed by atoms with Gasteiger partial charge in [0.2, 0.25) is 5.78 Å². The summed E-state index contributed by atoms with van der Waals surface area (Å²) in [7, 11) is 1.76. The van der Waals surface area contributed by atoms with Crippen LogP contribution in [-0.4, -0.2) is 15.6 Å². The molecule has 0 spiro atoms. The number of benzene rings is 1. The smallest absolute Gasteiger partial charge is 0.206 e. The number of hydrogen-bond acceptors (Lipinski definition) is 4. The molecule has 2 heterocycles. The van der Waals surface area contributed by atoms with Crippen molar-refractivity contribution in [3.63, 3.8) is 0 Å². The van der Waals surface area contributed by atoms with E-state index in [4.69, 9.17) is 32.4 Å². The number of carbonyl (C=O) groups is 1. The van der Waals surface area contributed by atoms with Gasteiger partial charge in [0.05, 0.1) is 5.02 Å². The van der Waals surface area contributed by atoms with Gasteiger partial charge in [0, 0.05) is 24.3 Å². The Hall–Kier alpha value is -2.50. The second kappa shape index (κ2) is 7.59. The molecule has 0 amide bonds. The lowest BCUT2D eigenvalue weighted by Gasteiger charge is -2.06. The Bertz CT molecular complexity index is 928. The number of carbonyl (C=O) groups excluding carboxylic acids is 1. The fourth-order valence-electron chi connectivity index (χ4n) is 2.09. The lowest BCUT2D eigenvalue weighted by Crippen LogP contribution is -1.97. The van der Waals surface area contributed by atoms with E-state index in [0.717, 1.165) is 0 Å². The number of ether oxygens (including phenoxy) is 1.